The first-order valence-corrected chi connectivity index (χ1v) is 6.22. The molecule has 0 saturated heterocycles. The SMILES string of the molecule is c1cc2c(cc1-c1n[nH]c(C3CC3)n1)OCCO2. The minimum atomic E-state index is 0.587. The molecule has 2 aromatic rings. The molecule has 1 N–H and O–H groups in total. The lowest BCUT2D eigenvalue weighted by molar-refractivity contribution is 0.171. The molecule has 5 nitrogen and oxygen atoms in total. The molecule has 0 amide bonds. The van der Waals surface area contributed by atoms with Crippen molar-refractivity contribution >= 4 is 0 Å². The lowest BCUT2D eigenvalue weighted by Crippen LogP contribution is -2.15. The van der Waals surface area contributed by atoms with Crippen LogP contribution in [0.5, 0.6) is 11.5 Å². The zero-order valence-electron chi connectivity index (χ0n) is 9.85. The van der Waals surface area contributed by atoms with Gasteiger partial charge < -0.3 is 9.47 Å². The second kappa shape index (κ2) is 3.73. The van der Waals surface area contributed by atoms with Crippen LogP contribution in [0.25, 0.3) is 11.4 Å². The Morgan fingerprint density at radius 1 is 1.11 bits per heavy atom. The van der Waals surface area contributed by atoms with Crippen LogP contribution >= 0.6 is 0 Å². The normalized spacial score (nSPS) is 17.8. The van der Waals surface area contributed by atoms with E-state index in [1.807, 2.05) is 18.2 Å². The van der Waals surface area contributed by atoms with Gasteiger partial charge in [0, 0.05) is 11.5 Å². The average molecular weight is 243 g/mol. The molecule has 1 aromatic heterocycles. The van der Waals surface area contributed by atoms with Gasteiger partial charge in [0.25, 0.3) is 0 Å². The Bertz CT molecular complexity index is 590. The third-order valence-electron chi connectivity index (χ3n) is 3.27. The summed E-state index contributed by atoms with van der Waals surface area (Å²) in [5.74, 6) is 3.89. The minimum Gasteiger partial charge on any atom is -0.486 e. The largest absolute Gasteiger partial charge is 0.486 e. The molecule has 4 rings (SSSR count). The summed E-state index contributed by atoms with van der Waals surface area (Å²) in [7, 11) is 0. The third kappa shape index (κ3) is 1.63. The summed E-state index contributed by atoms with van der Waals surface area (Å²) >= 11 is 0. The van der Waals surface area contributed by atoms with Gasteiger partial charge in [-0.3, -0.25) is 5.10 Å². The topological polar surface area (TPSA) is 60.0 Å². The molecule has 0 radical (unpaired) electrons. The van der Waals surface area contributed by atoms with Gasteiger partial charge in [-0.1, -0.05) is 0 Å². The number of H-pyrrole nitrogens is 1. The molecule has 1 aromatic carbocycles. The van der Waals surface area contributed by atoms with Gasteiger partial charge in [-0.2, -0.15) is 5.10 Å². The van der Waals surface area contributed by atoms with Gasteiger partial charge in [0.1, 0.15) is 19.0 Å². The van der Waals surface area contributed by atoms with Gasteiger partial charge in [0.15, 0.2) is 17.3 Å². The Morgan fingerprint density at radius 3 is 2.78 bits per heavy atom. The van der Waals surface area contributed by atoms with Crippen molar-refractivity contribution in [3.63, 3.8) is 0 Å². The van der Waals surface area contributed by atoms with E-state index in [4.69, 9.17) is 9.47 Å². The van der Waals surface area contributed by atoms with Gasteiger partial charge in [0.2, 0.25) is 0 Å². The molecule has 0 unspecified atom stereocenters. The zero-order chi connectivity index (χ0) is 11.9. The smallest absolute Gasteiger partial charge is 0.181 e. The maximum absolute atomic E-state index is 5.56. The molecule has 0 bridgehead atoms. The van der Waals surface area contributed by atoms with Crippen molar-refractivity contribution in [2.24, 2.45) is 0 Å². The highest BCUT2D eigenvalue weighted by molar-refractivity contribution is 5.61. The van der Waals surface area contributed by atoms with Crippen molar-refractivity contribution in [2.75, 3.05) is 13.2 Å². The fourth-order valence-electron chi connectivity index (χ4n) is 2.13. The van der Waals surface area contributed by atoms with Crippen LogP contribution in [0.1, 0.15) is 24.6 Å². The van der Waals surface area contributed by atoms with Crippen LogP contribution in [0.15, 0.2) is 18.2 Å². The van der Waals surface area contributed by atoms with Crippen molar-refractivity contribution in [3.05, 3.63) is 24.0 Å². The maximum atomic E-state index is 5.56. The number of hydrogen-bond acceptors (Lipinski definition) is 4. The van der Waals surface area contributed by atoms with Crippen molar-refractivity contribution in [1.29, 1.82) is 0 Å². The molecule has 2 heterocycles. The molecule has 0 atom stereocenters. The highest BCUT2D eigenvalue weighted by Crippen LogP contribution is 2.39. The Labute approximate surface area is 104 Å². The molecular weight excluding hydrogens is 230 g/mol. The summed E-state index contributed by atoms with van der Waals surface area (Å²) in [5.41, 5.74) is 0.961. The molecule has 2 aliphatic rings. The van der Waals surface area contributed by atoms with Crippen LogP contribution in [0.2, 0.25) is 0 Å². The quantitative estimate of drug-likeness (QED) is 0.877. The molecule has 18 heavy (non-hydrogen) atoms. The predicted octanol–water partition coefficient (Wildman–Crippen LogP) is 2.12. The van der Waals surface area contributed by atoms with Crippen LogP contribution in [-0.2, 0) is 0 Å². The number of aromatic amines is 1. The van der Waals surface area contributed by atoms with Crippen LogP contribution in [0, 0.1) is 0 Å². The second-order valence-electron chi connectivity index (χ2n) is 4.68. The zero-order valence-corrected chi connectivity index (χ0v) is 9.85. The summed E-state index contributed by atoms with van der Waals surface area (Å²) in [5, 5.41) is 7.28. The van der Waals surface area contributed by atoms with E-state index in [9.17, 15) is 0 Å². The van der Waals surface area contributed by atoms with E-state index in [1.165, 1.54) is 12.8 Å². The monoisotopic (exact) mass is 243 g/mol. The molecular formula is C13H13N3O2. The fourth-order valence-corrected chi connectivity index (χ4v) is 2.13. The third-order valence-corrected chi connectivity index (χ3v) is 3.27. The van der Waals surface area contributed by atoms with E-state index in [0.717, 1.165) is 28.7 Å². The number of ether oxygens (including phenoxy) is 2. The summed E-state index contributed by atoms with van der Waals surface area (Å²) < 4.78 is 11.1. The molecule has 0 spiro atoms. The number of fused-ring (bicyclic) bond motifs is 1. The van der Waals surface area contributed by atoms with Gasteiger partial charge in [-0.25, -0.2) is 4.98 Å². The number of nitrogens with zero attached hydrogens (tertiary/aromatic N) is 2. The molecule has 1 aliphatic carbocycles. The summed E-state index contributed by atoms with van der Waals surface area (Å²) in [4.78, 5) is 4.53. The van der Waals surface area contributed by atoms with Crippen LogP contribution < -0.4 is 9.47 Å². The molecule has 92 valence electrons. The van der Waals surface area contributed by atoms with E-state index < -0.39 is 0 Å². The molecule has 1 saturated carbocycles. The van der Waals surface area contributed by atoms with Crippen molar-refractivity contribution < 1.29 is 9.47 Å². The van der Waals surface area contributed by atoms with E-state index in [1.54, 1.807) is 0 Å². The molecule has 1 fully saturated rings. The van der Waals surface area contributed by atoms with Gasteiger partial charge in [0.05, 0.1) is 0 Å². The predicted molar refractivity (Wildman–Crippen MR) is 64.8 cm³/mol. The van der Waals surface area contributed by atoms with E-state index >= 15 is 0 Å². The Morgan fingerprint density at radius 2 is 1.94 bits per heavy atom. The number of benzene rings is 1. The van der Waals surface area contributed by atoms with Crippen molar-refractivity contribution in [2.45, 2.75) is 18.8 Å². The van der Waals surface area contributed by atoms with Gasteiger partial charge in [-0.15, -0.1) is 0 Å². The first kappa shape index (κ1) is 9.94. The first-order chi connectivity index (χ1) is 8.90. The number of hydrogen-bond donors (Lipinski definition) is 1. The first-order valence-electron chi connectivity index (χ1n) is 6.22. The average Bonchev–Trinajstić information content (AvgIpc) is 3.16. The fraction of sp³-hybridized carbons (Fsp3) is 0.385. The molecule has 5 heteroatoms. The Hall–Kier alpha value is -2.04. The number of aromatic nitrogens is 3. The summed E-state index contributed by atoms with van der Waals surface area (Å²) in [6.07, 6.45) is 2.44. The van der Waals surface area contributed by atoms with E-state index in [-0.39, 0.29) is 0 Å². The Kier molecular flexibility index (Phi) is 2.06. The Balaban J connectivity index is 1.70. The second-order valence-corrected chi connectivity index (χ2v) is 4.68. The minimum absolute atomic E-state index is 0.587. The highest BCUT2D eigenvalue weighted by Gasteiger charge is 2.27. The highest BCUT2D eigenvalue weighted by atomic mass is 16.6. The van der Waals surface area contributed by atoms with Crippen molar-refractivity contribution in [3.8, 4) is 22.9 Å². The number of rotatable bonds is 2. The lowest BCUT2D eigenvalue weighted by Gasteiger charge is -2.18. The van der Waals surface area contributed by atoms with Gasteiger partial charge in [-0.05, 0) is 31.0 Å². The summed E-state index contributed by atoms with van der Waals surface area (Å²) in [6.45, 7) is 1.20. The van der Waals surface area contributed by atoms with Crippen LogP contribution in [-0.4, -0.2) is 28.4 Å². The van der Waals surface area contributed by atoms with E-state index in [2.05, 4.69) is 15.2 Å². The van der Waals surface area contributed by atoms with Crippen LogP contribution in [0.4, 0.5) is 0 Å². The summed E-state index contributed by atoms with van der Waals surface area (Å²) in [6, 6.07) is 5.82. The lowest BCUT2D eigenvalue weighted by atomic mass is 10.2. The van der Waals surface area contributed by atoms with Crippen molar-refractivity contribution in [1.82, 2.24) is 15.2 Å². The van der Waals surface area contributed by atoms with Gasteiger partial charge >= 0.3 is 0 Å². The maximum Gasteiger partial charge on any atom is 0.181 e. The number of nitrogens with one attached hydrogen (secondary N) is 1. The standard InChI is InChI=1S/C13H13N3O2/c1-2-8(1)12-14-13(16-15-12)9-3-4-10-11(7-9)18-6-5-17-10/h3-4,7-8H,1-2,5-6H2,(H,14,15,16). The van der Waals surface area contributed by atoms with E-state index in [0.29, 0.717) is 19.1 Å². The van der Waals surface area contributed by atoms with Crippen LogP contribution in [0.3, 0.4) is 0 Å². The molecule has 1 aliphatic heterocycles.